The van der Waals surface area contributed by atoms with Crippen LogP contribution in [0.3, 0.4) is 0 Å². The van der Waals surface area contributed by atoms with Crippen molar-refractivity contribution in [2.45, 2.75) is 26.6 Å². The van der Waals surface area contributed by atoms with Gasteiger partial charge in [-0.3, -0.25) is 4.68 Å². The highest BCUT2D eigenvalue weighted by atomic mass is 19.1. The van der Waals surface area contributed by atoms with Gasteiger partial charge in [-0.2, -0.15) is 5.10 Å². The van der Waals surface area contributed by atoms with E-state index in [1.165, 1.54) is 12.4 Å². The van der Waals surface area contributed by atoms with Crippen molar-refractivity contribution >= 4 is 5.96 Å². The molecule has 25 heavy (non-hydrogen) atoms. The molecule has 0 amide bonds. The van der Waals surface area contributed by atoms with Crippen molar-refractivity contribution in [3.05, 3.63) is 47.3 Å². The smallest absolute Gasteiger partial charge is 0.191 e. The van der Waals surface area contributed by atoms with Crippen molar-refractivity contribution in [1.29, 1.82) is 0 Å². The lowest BCUT2D eigenvalue weighted by atomic mass is 10.1. The van der Waals surface area contributed by atoms with Crippen LogP contribution < -0.4 is 10.6 Å². The van der Waals surface area contributed by atoms with Gasteiger partial charge in [0.1, 0.15) is 18.0 Å². The Kier molecular flexibility index (Phi) is 6.88. The van der Waals surface area contributed by atoms with Crippen LogP contribution in [0.25, 0.3) is 0 Å². The zero-order chi connectivity index (χ0) is 18.2. The molecule has 0 aliphatic rings. The molecule has 0 atom stereocenters. The van der Waals surface area contributed by atoms with Gasteiger partial charge in [-0.1, -0.05) is 6.07 Å². The molecule has 0 aliphatic heterocycles. The van der Waals surface area contributed by atoms with E-state index in [0.717, 1.165) is 17.9 Å². The maximum atomic E-state index is 13.9. The first-order chi connectivity index (χ1) is 12.0. The van der Waals surface area contributed by atoms with Crippen molar-refractivity contribution in [3.63, 3.8) is 0 Å². The number of aryl methyl sites for hydroxylation is 1. The van der Waals surface area contributed by atoms with Crippen LogP contribution >= 0.6 is 0 Å². The summed E-state index contributed by atoms with van der Waals surface area (Å²) in [4.78, 5) is 10.7. The molecule has 0 saturated carbocycles. The fourth-order valence-electron chi connectivity index (χ4n) is 2.34. The lowest BCUT2D eigenvalue weighted by Crippen LogP contribution is -2.37. The fourth-order valence-corrected chi connectivity index (χ4v) is 2.34. The van der Waals surface area contributed by atoms with Gasteiger partial charge in [-0.05, 0) is 38.7 Å². The van der Waals surface area contributed by atoms with Crippen LogP contribution in [0.1, 0.15) is 23.9 Å². The molecule has 136 valence electrons. The number of hydrogen-bond donors (Lipinski definition) is 2. The van der Waals surface area contributed by atoms with E-state index >= 15 is 0 Å². The highest BCUT2D eigenvalue weighted by Crippen LogP contribution is 2.13. The van der Waals surface area contributed by atoms with E-state index in [-0.39, 0.29) is 5.82 Å². The SMILES string of the molecule is CCNC(=NCc1ccc(F)c(CN(C)C)c1)NCc1ncnn1C. The van der Waals surface area contributed by atoms with E-state index in [9.17, 15) is 4.39 Å². The molecule has 2 N–H and O–H groups in total. The molecule has 8 heteroatoms. The van der Waals surface area contributed by atoms with Crippen LogP contribution in [0, 0.1) is 5.82 Å². The Balaban J connectivity index is 2.03. The summed E-state index contributed by atoms with van der Waals surface area (Å²) in [6.45, 7) is 4.31. The first kappa shape index (κ1) is 18.9. The third kappa shape index (κ3) is 5.82. The molecule has 0 unspecified atom stereocenters. The van der Waals surface area contributed by atoms with Gasteiger partial charge in [0.25, 0.3) is 0 Å². The maximum Gasteiger partial charge on any atom is 0.191 e. The van der Waals surface area contributed by atoms with Crippen molar-refractivity contribution in [2.75, 3.05) is 20.6 Å². The van der Waals surface area contributed by atoms with Gasteiger partial charge in [0.05, 0.1) is 13.1 Å². The largest absolute Gasteiger partial charge is 0.357 e. The standard InChI is InChI=1S/C17H26FN7/c1-5-19-17(21-10-16-22-12-23-25(16)4)20-9-13-6-7-15(18)14(8-13)11-24(2)3/h6-8,12H,5,9-11H2,1-4H3,(H2,19,20,21). The quantitative estimate of drug-likeness (QED) is 0.583. The molecule has 2 aromatic rings. The Morgan fingerprint density at radius 1 is 1.32 bits per heavy atom. The number of guanidine groups is 1. The second-order valence-corrected chi connectivity index (χ2v) is 6.01. The van der Waals surface area contributed by atoms with Crippen LogP contribution in [0.5, 0.6) is 0 Å². The summed E-state index contributed by atoms with van der Waals surface area (Å²) < 4.78 is 15.6. The molecule has 1 aromatic carbocycles. The Morgan fingerprint density at radius 3 is 2.76 bits per heavy atom. The highest BCUT2D eigenvalue weighted by Gasteiger charge is 2.06. The zero-order valence-corrected chi connectivity index (χ0v) is 15.3. The van der Waals surface area contributed by atoms with Gasteiger partial charge in [0, 0.05) is 25.7 Å². The monoisotopic (exact) mass is 347 g/mol. The molecule has 0 saturated heterocycles. The van der Waals surface area contributed by atoms with E-state index < -0.39 is 0 Å². The summed E-state index contributed by atoms with van der Waals surface area (Å²) in [5, 5.41) is 10.5. The van der Waals surface area contributed by atoms with Gasteiger partial charge >= 0.3 is 0 Å². The number of rotatable bonds is 7. The summed E-state index contributed by atoms with van der Waals surface area (Å²) in [6.07, 6.45) is 1.52. The van der Waals surface area contributed by atoms with Gasteiger partial charge in [-0.15, -0.1) is 0 Å². The lowest BCUT2D eigenvalue weighted by molar-refractivity contribution is 0.392. The van der Waals surface area contributed by atoms with Crippen LogP contribution in [0.2, 0.25) is 0 Å². The Bertz CT molecular complexity index is 709. The van der Waals surface area contributed by atoms with Crippen LogP contribution in [0.4, 0.5) is 4.39 Å². The second kappa shape index (κ2) is 9.12. The minimum absolute atomic E-state index is 0.186. The highest BCUT2D eigenvalue weighted by molar-refractivity contribution is 5.79. The van der Waals surface area contributed by atoms with Gasteiger partial charge in [0.15, 0.2) is 5.96 Å². The predicted octanol–water partition coefficient (Wildman–Crippen LogP) is 1.27. The van der Waals surface area contributed by atoms with Crippen molar-refractivity contribution in [3.8, 4) is 0 Å². The van der Waals surface area contributed by atoms with Crippen molar-refractivity contribution in [1.82, 2.24) is 30.3 Å². The number of halogens is 1. The Morgan fingerprint density at radius 2 is 2.12 bits per heavy atom. The average molecular weight is 347 g/mol. The number of nitrogens with one attached hydrogen (secondary N) is 2. The van der Waals surface area contributed by atoms with E-state index in [1.807, 2.05) is 39.0 Å². The van der Waals surface area contributed by atoms with E-state index in [2.05, 4.69) is 25.7 Å². The number of hydrogen-bond acceptors (Lipinski definition) is 4. The third-order valence-electron chi connectivity index (χ3n) is 3.58. The van der Waals surface area contributed by atoms with Gasteiger partial charge < -0.3 is 15.5 Å². The number of benzene rings is 1. The van der Waals surface area contributed by atoms with Crippen LogP contribution in [-0.2, 0) is 26.7 Å². The van der Waals surface area contributed by atoms with E-state index in [0.29, 0.717) is 31.2 Å². The summed E-state index contributed by atoms with van der Waals surface area (Å²) in [6, 6.07) is 5.14. The maximum absolute atomic E-state index is 13.9. The molecule has 0 radical (unpaired) electrons. The predicted molar refractivity (Wildman–Crippen MR) is 96.4 cm³/mol. The minimum Gasteiger partial charge on any atom is -0.357 e. The molecule has 0 aliphatic carbocycles. The van der Waals surface area contributed by atoms with Crippen molar-refractivity contribution < 1.29 is 4.39 Å². The Labute approximate surface area is 148 Å². The number of aliphatic imine (C=N–C) groups is 1. The van der Waals surface area contributed by atoms with Gasteiger partial charge in [-0.25, -0.2) is 14.4 Å². The zero-order valence-electron chi connectivity index (χ0n) is 15.3. The number of nitrogens with zero attached hydrogens (tertiary/aromatic N) is 5. The molecular weight excluding hydrogens is 321 g/mol. The molecular formula is C17H26FN7. The lowest BCUT2D eigenvalue weighted by Gasteiger charge is -2.13. The third-order valence-corrected chi connectivity index (χ3v) is 3.58. The minimum atomic E-state index is -0.186. The molecule has 1 heterocycles. The van der Waals surface area contributed by atoms with Crippen LogP contribution in [0.15, 0.2) is 29.5 Å². The molecule has 0 spiro atoms. The molecule has 2 rings (SSSR count). The summed E-state index contributed by atoms with van der Waals surface area (Å²) in [5.41, 5.74) is 1.64. The van der Waals surface area contributed by atoms with E-state index in [4.69, 9.17) is 0 Å². The molecule has 0 fully saturated rings. The number of aromatic nitrogens is 3. The molecule has 7 nitrogen and oxygen atoms in total. The summed E-state index contributed by atoms with van der Waals surface area (Å²) in [5.74, 6) is 1.32. The van der Waals surface area contributed by atoms with Crippen molar-refractivity contribution in [2.24, 2.45) is 12.0 Å². The van der Waals surface area contributed by atoms with E-state index in [1.54, 1.807) is 10.7 Å². The second-order valence-electron chi connectivity index (χ2n) is 6.01. The topological polar surface area (TPSA) is 70.4 Å². The normalized spacial score (nSPS) is 11.8. The first-order valence-corrected chi connectivity index (χ1v) is 8.26. The Hall–Kier alpha value is -2.48. The van der Waals surface area contributed by atoms with Gasteiger partial charge in [0.2, 0.25) is 0 Å². The summed E-state index contributed by atoms with van der Waals surface area (Å²) in [7, 11) is 5.69. The average Bonchev–Trinajstić information content (AvgIpc) is 2.97. The summed E-state index contributed by atoms with van der Waals surface area (Å²) >= 11 is 0. The molecule has 0 bridgehead atoms. The fraction of sp³-hybridized carbons (Fsp3) is 0.471. The van der Waals surface area contributed by atoms with Crippen LogP contribution in [-0.4, -0.2) is 46.3 Å². The molecule has 1 aromatic heterocycles. The first-order valence-electron chi connectivity index (χ1n) is 8.26.